The van der Waals surface area contributed by atoms with Gasteiger partial charge in [0.05, 0.1) is 5.41 Å². The van der Waals surface area contributed by atoms with Crippen molar-refractivity contribution >= 4 is 5.91 Å². The molecule has 0 heterocycles. The van der Waals surface area contributed by atoms with Crippen LogP contribution in [0.1, 0.15) is 25.7 Å². The average Bonchev–Trinajstić information content (AvgIpc) is 2.61. The summed E-state index contributed by atoms with van der Waals surface area (Å²) < 4.78 is 0. The lowest BCUT2D eigenvalue weighted by Crippen LogP contribution is -2.28. The van der Waals surface area contributed by atoms with Crippen LogP contribution in [0.15, 0.2) is 0 Å². The fourth-order valence-corrected chi connectivity index (χ4v) is 2.09. The molecule has 0 aliphatic heterocycles. The van der Waals surface area contributed by atoms with Gasteiger partial charge in [-0.15, -0.1) is 0 Å². The Labute approximate surface area is 60.8 Å². The molecule has 55 valence electrons. The van der Waals surface area contributed by atoms with Gasteiger partial charge in [0, 0.05) is 0 Å². The molecule has 0 unspecified atom stereocenters. The molecule has 0 spiro atoms. The molecule has 2 atom stereocenters. The molecule has 1 amide bonds. The van der Waals surface area contributed by atoms with Crippen LogP contribution in [0.5, 0.6) is 0 Å². The van der Waals surface area contributed by atoms with Crippen molar-refractivity contribution in [2.75, 3.05) is 0 Å². The minimum atomic E-state index is -0.141. The highest BCUT2D eigenvalue weighted by Gasteiger charge is 2.59. The second-order valence-electron chi connectivity index (χ2n) is 3.42. The molecule has 2 rings (SSSR count). The van der Waals surface area contributed by atoms with E-state index in [1.54, 1.807) is 0 Å². The van der Waals surface area contributed by atoms with E-state index >= 15 is 0 Å². The van der Waals surface area contributed by atoms with E-state index in [1.165, 1.54) is 19.3 Å². The summed E-state index contributed by atoms with van der Waals surface area (Å²) >= 11 is 0. The minimum Gasteiger partial charge on any atom is -0.369 e. The van der Waals surface area contributed by atoms with E-state index < -0.39 is 0 Å². The predicted octanol–water partition coefficient (Wildman–Crippen LogP) is 0.866. The minimum absolute atomic E-state index is 0.0998. The summed E-state index contributed by atoms with van der Waals surface area (Å²) in [7, 11) is 0. The Morgan fingerprint density at radius 2 is 2.40 bits per heavy atom. The van der Waals surface area contributed by atoms with E-state index in [1.807, 2.05) is 0 Å². The largest absolute Gasteiger partial charge is 0.369 e. The highest BCUT2D eigenvalue weighted by atomic mass is 16.1. The summed E-state index contributed by atoms with van der Waals surface area (Å²) in [5.41, 5.74) is 5.13. The highest BCUT2D eigenvalue weighted by molar-refractivity contribution is 5.87. The zero-order valence-electron chi connectivity index (χ0n) is 5.97. The van der Waals surface area contributed by atoms with Gasteiger partial charge < -0.3 is 5.73 Å². The standard InChI is InChI=1S/C8H12NO/c9-7(10)8-4-2-1-3-6(8)5-8/h5-6H,1-4H2,(H2,9,10)/t6-,8+/m0/s1. The third kappa shape index (κ3) is 0.619. The normalized spacial score (nSPS) is 44.2. The Bertz CT molecular complexity index is 178. The van der Waals surface area contributed by atoms with Gasteiger partial charge in [0.25, 0.3) is 0 Å². The molecule has 0 aromatic rings. The van der Waals surface area contributed by atoms with E-state index in [-0.39, 0.29) is 11.3 Å². The van der Waals surface area contributed by atoms with E-state index in [9.17, 15) is 4.79 Å². The first kappa shape index (κ1) is 6.20. The van der Waals surface area contributed by atoms with Crippen LogP contribution < -0.4 is 5.73 Å². The molecule has 10 heavy (non-hydrogen) atoms. The Balaban J connectivity index is 2.12. The zero-order chi connectivity index (χ0) is 7.19. The Kier molecular flexibility index (Phi) is 1.08. The molecule has 2 aliphatic carbocycles. The first-order valence-corrected chi connectivity index (χ1v) is 3.92. The molecule has 0 aromatic carbocycles. The lowest BCUT2D eigenvalue weighted by atomic mass is 9.88. The fourth-order valence-electron chi connectivity index (χ4n) is 2.09. The second kappa shape index (κ2) is 1.74. The number of carbonyl (C=O) groups excluding carboxylic acids is 1. The first-order valence-electron chi connectivity index (χ1n) is 3.92. The molecular weight excluding hydrogens is 126 g/mol. The molecule has 0 aromatic heterocycles. The van der Waals surface area contributed by atoms with E-state index in [4.69, 9.17) is 5.73 Å². The summed E-state index contributed by atoms with van der Waals surface area (Å²) in [5.74, 6) is 0.441. The van der Waals surface area contributed by atoms with E-state index in [0.717, 1.165) is 6.42 Å². The lowest BCUT2D eigenvalue weighted by molar-refractivity contribution is -0.123. The number of hydrogen-bond acceptors (Lipinski definition) is 1. The number of primary amides is 1. The average molecular weight is 138 g/mol. The van der Waals surface area contributed by atoms with Crippen LogP contribution in [0.2, 0.25) is 0 Å². The summed E-state index contributed by atoms with van der Waals surface area (Å²) in [6, 6.07) is 0. The molecule has 0 saturated heterocycles. The molecule has 2 aliphatic rings. The molecule has 2 nitrogen and oxygen atoms in total. The van der Waals surface area contributed by atoms with Crippen LogP contribution in [0, 0.1) is 17.8 Å². The van der Waals surface area contributed by atoms with E-state index in [2.05, 4.69) is 6.42 Å². The van der Waals surface area contributed by atoms with Crippen molar-refractivity contribution in [3.8, 4) is 0 Å². The number of hydrogen-bond donors (Lipinski definition) is 1. The van der Waals surface area contributed by atoms with Crippen molar-refractivity contribution < 1.29 is 4.79 Å². The second-order valence-corrected chi connectivity index (χ2v) is 3.42. The Hall–Kier alpha value is -0.530. The van der Waals surface area contributed by atoms with Crippen molar-refractivity contribution in [2.24, 2.45) is 17.1 Å². The van der Waals surface area contributed by atoms with Crippen LogP contribution >= 0.6 is 0 Å². The number of nitrogens with two attached hydrogens (primary N) is 1. The summed E-state index contributed by atoms with van der Waals surface area (Å²) in [4.78, 5) is 10.9. The van der Waals surface area contributed by atoms with Crippen LogP contribution in [-0.2, 0) is 4.79 Å². The quantitative estimate of drug-likeness (QED) is 0.574. The highest BCUT2D eigenvalue weighted by Crippen LogP contribution is 2.59. The third-order valence-electron chi connectivity index (χ3n) is 2.87. The van der Waals surface area contributed by atoms with Crippen molar-refractivity contribution in [1.29, 1.82) is 0 Å². The van der Waals surface area contributed by atoms with Gasteiger partial charge in [-0.05, 0) is 25.2 Å². The smallest absolute Gasteiger partial charge is 0.224 e. The topological polar surface area (TPSA) is 43.1 Å². The lowest BCUT2D eigenvalue weighted by Gasteiger charge is -2.17. The van der Waals surface area contributed by atoms with Gasteiger partial charge in [0.2, 0.25) is 5.91 Å². The van der Waals surface area contributed by atoms with Crippen LogP contribution in [0.4, 0.5) is 0 Å². The van der Waals surface area contributed by atoms with Crippen molar-refractivity contribution in [3.05, 3.63) is 6.42 Å². The molecule has 2 heteroatoms. The third-order valence-corrected chi connectivity index (χ3v) is 2.87. The van der Waals surface area contributed by atoms with Crippen LogP contribution in [-0.4, -0.2) is 5.91 Å². The van der Waals surface area contributed by atoms with Crippen LogP contribution in [0.25, 0.3) is 0 Å². The molecule has 2 saturated carbocycles. The summed E-state index contributed by atoms with van der Waals surface area (Å²) in [6.07, 6.45) is 6.77. The van der Waals surface area contributed by atoms with Crippen molar-refractivity contribution in [2.45, 2.75) is 25.7 Å². The monoisotopic (exact) mass is 138 g/mol. The Morgan fingerprint density at radius 3 is 2.90 bits per heavy atom. The van der Waals surface area contributed by atoms with Gasteiger partial charge in [-0.3, -0.25) is 4.79 Å². The number of amides is 1. The molecule has 2 fully saturated rings. The number of carbonyl (C=O) groups is 1. The van der Waals surface area contributed by atoms with Gasteiger partial charge in [0.1, 0.15) is 0 Å². The van der Waals surface area contributed by atoms with Crippen molar-refractivity contribution in [3.63, 3.8) is 0 Å². The summed E-state index contributed by atoms with van der Waals surface area (Å²) in [5, 5.41) is 0. The van der Waals surface area contributed by atoms with Crippen molar-refractivity contribution in [1.82, 2.24) is 0 Å². The van der Waals surface area contributed by atoms with Gasteiger partial charge in [-0.2, -0.15) is 0 Å². The zero-order valence-corrected chi connectivity index (χ0v) is 5.97. The van der Waals surface area contributed by atoms with E-state index in [0.29, 0.717) is 5.92 Å². The predicted molar refractivity (Wildman–Crippen MR) is 37.9 cm³/mol. The maximum atomic E-state index is 10.9. The molecule has 2 N–H and O–H groups in total. The molecule has 0 bridgehead atoms. The maximum Gasteiger partial charge on any atom is 0.224 e. The number of rotatable bonds is 1. The van der Waals surface area contributed by atoms with Crippen LogP contribution in [0.3, 0.4) is 0 Å². The molecular formula is C8H12NO. The van der Waals surface area contributed by atoms with Gasteiger partial charge in [-0.25, -0.2) is 0 Å². The summed E-state index contributed by atoms with van der Waals surface area (Å²) in [6.45, 7) is 0. The Morgan fingerprint density at radius 1 is 1.60 bits per heavy atom. The first-order chi connectivity index (χ1) is 4.76. The fraction of sp³-hybridized carbons (Fsp3) is 0.750. The van der Waals surface area contributed by atoms with Gasteiger partial charge >= 0.3 is 0 Å². The van der Waals surface area contributed by atoms with Gasteiger partial charge in [-0.1, -0.05) is 12.8 Å². The number of fused-ring (bicyclic) bond motifs is 1. The SMILES string of the molecule is NC(=O)[C@]12[CH][C@@H]1CCCC2. The maximum absolute atomic E-state index is 10.9. The molecule has 1 radical (unpaired) electrons. The van der Waals surface area contributed by atoms with Gasteiger partial charge in [0.15, 0.2) is 0 Å².